The fourth-order valence-electron chi connectivity index (χ4n) is 4.88. The molecule has 0 bridgehead atoms. The van der Waals surface area contributed by atoms with Gasteiger partial charge in [0.1, 0.15) is 22.6 Å². The topological polar surface area (TPSA) is 66.6 Å². The Balaban J connectivity index is 1.65. The van der Waals surface area contributed by atoms with Crippen LogP contribution in [0.4, 0.5) is 0 Å². The van der Waals surface area contributed by atoms with Crippen LogP contribution in [-0.2, 0) is 13.0 Å². The Morgan fingerprint density at radius 2 is 2.09 bits per heavy atom. The first-order valence-corrected chi connectivity index (χ1v) is 12.3. The average molecular weight is 449 g/mol. The normalized spacial score (nSPS) is 17.4. The van der Waals surface area contributed by atoms with Gasteiger partial charge in [-0.1, -0.05) is 32.4 Å². The summed E-state index contributed by atoms with van der Waals surface area (Å²) in [5.74, 6) is 0.260. The number of phenols is 1. The largest absolute Gasteiger partial charge is 0.507 e. The molecule has 1 aliphatic heterocycles. The molecule has 2 aromatic heterocycles. The van der Waals surface area contributed by atoms with E-state index in [1.54, 1.807) is 6.07 Å². The molecule has 1 aliphatic rings. The Bertz CT molecular complexity index is 1310. The van der Waals surface area contributed by atoms with Crippen LogP contribution in [0.25, 0.3) is 31.8 Å². The molecule has 0 spiro atoms. The zero-order chi connectivity index (χ0) is 22.2. The van der Waals surface area contributed by atoms with Gasteiger partial charge < -0.3 is 9.52 Å². The van der Waals surface area contributed by atoms with Crippen molar-refractivity contribution >= 4 is 32.5 Å². The number of thiazole rings is 1. The van der Waals surface area contributed by atoms with Gasteiger partial charge in [0.15, 0.2) is 0 Å². The third kappa shape index (κ3) is 3.61. The highest BCUT2D eigenvalue weighted by Crippen LogP contribution is 2.35. The predicted octanol–water partition coefficient (Wildman–Crippen LogP) is 6.10. The van der Waals surface area contributed by atoms with Gasteiger partial charge in [0, 0.05) is 12.6 Å². The molecule has 6 heteroatoms. The maximum Gasteiger partial charge on any atom is 0.202 e. The van der Waals surface area contributed by atoms with Crippen LogP contribution in [0, 0.1) is 0 Å². The van der Waals surface area contributed by atoms with E-state index in [2.05, 4.69) is 16.8 Å². The van der Waals surface area contributed by atoms with Gasteiger partial charge in [0.05, 0.1) is 26.7 Å². The molecule has 1 unspecified atom stereocenters. The number of hydrogen-bond donors (Lipinski definition) is 1. The number of piperidine rings is 1. The quantitative estimate of drug-likeness (QED) is 0.399. The van der Waals surface area contributed by atoms with Crippen molar-refractivity contribution in [3.8, 4) is 16.3 Å². The fourth-order valence-corrected chi connectivity index (χ4v) is 5.84. The Kier molecular flexibility index (Phi) is 5.74. The van der Waals surface area contributed by atoms with Crippen molar-refractivity contribution in [1.82, 2.24) is 9.88 Å². The fraction of sp³-hybridized carbons (Fsp3) is 0.385. The lowest BCUT2D eigenvalue weighted by atomic mass is 9.97. The van der Waals surface area contributed by atoms with E-state index >= 15 is 0 Å². The van der Waals surface area contributed by atoms with Crippen molar-refractivity contribution in [2.45, 2.75) is 58.5 Å². The first kappa shape index (κ1) is 21.2. The zero-order valence-corrected chi connectivity index (χ0v) is 19.4. The molecule has 166 valence electrons. The standard InChI is InChI=1S/C26H28N2O3S/c1-3-16-13-18-24(30)20(26-27-21-10-5-6-11-22(21)32-26)15-31-25(18)19(23(16)29)14-28-12-8-7-9-17(28)4-2/h5-6,10-11,13,15,17,29H,3-4,7-9,12,14H2,1-2H3. The first-order chi connectivity index (χ1) is 15.6. The Hall–Kier alpha value is -2.70. The van der Waals surface area contributed by atoms with E-state index in [-0.39, 0.29) is 11.2 Å². The number of para-hydroxylation sites is 1. The summed E-state index contributed by atoms with van der Waals surface area (Å²) >= 11 is 1.49. The van der Waals surface area contributed by atoms with Crippen molar-refractivity contribution in [1.29, 1.82) is 0 Å². The number of rotatable bonds is 5. The van der Waals surface area contributed by atoms with E-state index in [1.165, 1.54) is 30.4 Å². The SMILES string of the molecule is CCc1cc2c(=O)c(-c3nc4ccccc4s3)coc2c(CN2CCCCC2CC)c1O. The minimum atomic E-state index is -0.0908. The van der Waals surface area contributed by atoms with Crippen LogP contribution in [0.2, 0.25) is 0 Å². The second-order valence-electron chi connectivity index (χ2n) is 8.59. The lowest BCUT2D eigenvalue weighted by Gasteiger charge is -2.35. The van der Waals surface area contributed by atoms with Gasteiger partial charge in [-0.15, -0.1) is 11.3 Å². The number of phenolic OH excluding ortho intramolecular Hbond substituents is 1. The molecule has 0 saturated carbocycles. The third-order valence-corrected chi connectivity index (χ3v) is 7.77. The summed E-state index contributed by atoms with van der Waals surface area (Å²) in [7, 11) is 0. The zero-order valence-electron chi connectivity index (χ0n) is 18.6. The molecule has 1 N–H and O–H groups in total. The van der Waals surface area contributed by atoms with E-state index in [9.17, 15) is 9.90 Å². The summed E-state index contributed by atoms with van der Waals surface area (Å²) in [4.78, 5) is 20.6. The molecule has 0 radical (unpaired) electrons. The third-order valence-electron chi connectivity index (χ3n) is 6.70. The Labute approximate surface area is 191 Å². The summed E-state index contributed by atoms with van der Waals surface area (Å²) in [5, 5.41) is 12.2. The van der Waals surface area contributed by atoms with Gasteiger partial charge in [0.25, 0.3) is 0 Å². The van der Waals surface area contributed by atoms with E-state index in [0.717, 1.165) is 40.7 Å². The number of fused-ring (bicyclic) bond motifs is 2. The van der Waals surface area contributed by atoms with Gasteiger partial charge in [-0.2, -0.15) is 0 Å². The van der Waals surface area contributed by atoms with Crippen LogP contribution in [0.3, 0.4) is 0 Å². The lowest BCUT2D eigenvalue weighted by Crippen LogP contribution is -2.38. The summed E-state index contributed by atoms with van der Waals surface area (Å²) in [5.41, 5.74) is 3.27. The van der Waals surface area contributed by atoms with E-state index in [0.29, 0.717) is 40.5 Å². The average Bonchev–Trinajstić information content (AvgIpc) is 3.25. The summed E-state index contributed by atoms with van der Waals surface area (Å²) in [6.45, 7) is 5.81. The Morgan fingerprint density at radius 1 is 1.25 bits per heavy atom. The maximum absolute atomic E-state index is 13.6. The molecule has 2 aromatic carbocycles. The van der Waals surface area contributed by atoms with Gasteiger partial charge in [-0.3, -0.25) is 9.69 Å². The number of likely N-dealkylation sites (tertiary alicyclic amines) is 1. The van der Waals surface area contributed by atoms with E-state index < -0.39 is 0 Å². The predicted molar refractivity (Wildman–Crippen MR) is 130 cm³/mol. The van der Waals surface area contributed by atoms with Crippen molar-refractivity contribution in [3.05, 3.63) is 57.9 Å². The summed E-state index contributed by atoms with van der Waals surface area (Å²) < 4.78 is 7.12. The number of nitrogens with zero attached hydrogens (tertiary/aromatic N) is 2. The Morgan fingerprint density at radius 3 is 2.88 bits per heavy atom. The van der Waals surface area contributed by atoms with Crippen LogP contribution < -0.4 is 5.43 Å². The van der Waals surface area contributed by atoms with Crippen molar-refractivity contribution in [2.24, 2.45) is 0 Å². The molecule has 32 heavy (non-hydrogen) atoms. The highest BCUT2D eigenvalue weighted by molar-refractivity contribution is 7.21. The molecule has 0 aliphatic carbocycles. The van der Waals surface area contributed by atoms with E-state index in [1.807, 2.05) is 31.2 Å². The number of hydrogen-bond acceptors (Lipinski definition) is 6. The molecule has 5 rings (SSSR count). The lowest BCUT2D eigenvalue weighted by molar-refractivity contribution is 0.135. The van der Waals surface area contributed by atoms with Crippen molar-refractivity contribution in [2.75, 3.05) is 6.54 Å². The minimum absolute atomic E-state index is 0.0908. The van der Waals surface area contributed by atoms with E-state index in [4.69, 9.17) is 4.42 Å². The van der Waals surface area contributed by atoms with Crippen LogP contribution >= 0.6 is 11.3 Å². The highest BCUT2D eigenvalue weighted by atomic mass is 32.1. The van der Waals surface area contributed by atoms with Gasteiger partial charge in [0.2, 0.25) is 5.43 Å². The van der Waals surface area contributed by atoms with Crippen LogP contribution in [0.5, 0.6) is 5.75 Å². The molecule has 0 amide bonds. The molecule has 3 heterocycles. The van der Waals surface area contributed by atoms with Gasteiger partial charge >= 0.3 is 0 Å². The minimum Gasteiger partial charge on any atom is -0.507 e. The second kappa shape index (κ2) is 8.68. The molecular weight excluding hydrogens is 420 g/mol. The smallest absolute Gasteiger partial charge is 0.202 e. The number of benzene rings is 2. The summed E-state index contributed by atoms with van der Waals surface area (Å²) in [6, 6.07) is 10.2. The van der Waals surface area contributed by atoms with Gasteiger partial charge in [-0.25, -0.2) is 4.98 Å². The molecule has 5 nitrogen and oxygen atoms in total. The number of aromatic nitrogens is 1. The number of aromatic hydroxyl groups is 1. The van der Waals surface area contributed by atoms with Crippen LogP contribution in [0.15, 0.2) is 45.8 Å². The molecule has 1 saturated heterocycles. The highest BCUT2D eigenvalue weighted by Gasteiger charge is 2.25. The maximum atomic E-state index is 13.6. The van der Waals surface area contributed by atoms with Gasteiger partial charge in [-0.05, 0) is 56.0 Å². The first-order valence-electron chi connectivity index (χ1n) is 11.5. The summed E-state index contributed by atoms with van der Waals surface area (Å²) in [6.07, 6.45) is 6.83. The van der Waals surface area contributed by atoms with Crippen LogP contribution in [0.1, 0.15) is 50.7 Å². The monoisotopic (exact) mass is 448 g/mol. The second-order valence-corrected chi connectivity index (χ2v) is 9.62. The van der Waals surface area contributed by atoms with Crippen molar-refractivity contribution < 1.29 is 9.52 Å². The van der Waals surface area contributed by atoms with Crippen molar-refractivity contribution in [3.63, 3.8) is 0 Å². The molecule has 4 aromatic rings. The van der Waals surface area contributed by atoms with Crippen LogP contribution in [-0.4, -0.2) is 27.6 Å². The number of aryl methyl sites for hydroxylation is 1. The molecule has 1 atom stereocenters. The molecule has 1 fully saturated rings. The molecular formula is C26H28N2O3S.